The fourth-order valence-corrected chi connectivity index (χ4v) is 4.75. The third kappa shape index (κ3) is 6.28. The third-order valence-electron chi connectivity index (χ3n) is 6.50. The maximum atomic E-state index is 13.0. The summed E-state index contributed by atoms with van der Waals surface area (Å²) >= 11 is 0. The van der Waals surface area contributed by atoms with Gasteiger partial charge in [0.25, 0.3) is 0 Å². The average molecular weight is 518 g/mol. The minimum Gasteiger partial charge on any atom is -0.493 e. The first-order valence-corrected chi connectivity index (χ1v) is 12.8. The first-order valence-electron chi connectivity index (χ1n) is 12.8. The molecule has 0 spiro atoms. The van der Waals surface area contributed by atoms with Crippen molar-refractivity contribution in [2.45, 2.75) is 51.2 Å². The molecule has 0 heterocycles. The molecule has 4 rings (SSSR count). The van der Waals surface area contributed by atoms with Crippen molar-refractivity contribution >= 4 is 12.1 Å². The summed E-state index contributed by atoms with van der Waals surface area (Å²) in [5.41, 5.74) is 4.79. The normalized spacial score (nSPS) is 13.2. The van der Waals surface area contributed by atoms with Crippen LogP contribution < -0.4 is 14.8 Å². The van der Waals surface area contributed by atoms with Crippen molar-refractivity contribution < 1.29 is 28.5 Å². The molecular weight excluding hydrogens is 482 g/mol. The van der Waals surface area contributed by atoms with E-state index < -0.39 is 23.7 Å². The quantitative estimate of drug-likeness (QED) is 0.357. The van der Waals surface area contributed by atoms with Gasteiger partial charge in [-0.1, -0.05) is 54.6 Å². The van der Waals surface area contributed by atoms with Crippen molar-refractivity contribution in [1.82, 2.24) is 5.32 Å². The second kappa shape index (κ2) is 11.6. The Morgan fingerprint density at radius 3 is 2.05 bits per heavy atom. The van der Waals surface area contributed by atoms with Gasteiger partial charge in [0.05, 0.1) is 14.2 Å². The van der Waals surface area contributed by atoms with Crippen LogP contribution >= 0.6 is 0 Å². The van der Waals surface area contributed by atoms with Crippen LogP contribution in [-0.4, -0.2) is 44.5 Å². The molecule has 7 heteroatoms. The van der Waals surface area contributed by atoms with Crippen LogP contribution in [0.5, 0.6) is 11.5 Å². The molecule has 1 aliphatic carbocycles. The zero-order valence-corrected chi connectivity index (χ0v) is 22.6. The number of carbonyl (C=O) groups is 2. The maximum absolute atomic E-state index is 13.0. The Morgan fingerprint density at radius 2 is 1.47 bits per heavy atom. The molecule has 200 valence electrons. The summed E-state index contributed by atoms with van der Waals surface area (Å²) in [5.74, 6) is 0.645. The van der Waals surface area contributed by atoms with Gasteiger partial charge in [0.2, 0.25) is 0 Å². The molecule has 3 aromatic carbocycles. The summed E-state index contributed by atoms with van der Waals surface area (Å²) in [6, 6.07) is 21.0. The fourth-order valence-electron chi connectivity index (χ4n) is 4.75. The van der Waals surface area contributed by atoms with Gasteiger partial charge in [-0.25, -0.2) is 9.59 Å². The number of methoxy groups -OCH3 is 2. The average Bonchev–Trinajstić information content (AvgIpc) is 3.22. The van der Waals surface area contributed by atoms with E-state index in [0.29, 0.717) is 24.3 Å². The maximum Gasteiger partial charge on any atom is 0.407 e. The SMILES string of the molecule is COc1ccc(CCC(NC(=O)OCC2c3ccccc3-c3ccccc32)C(=O)OC(C)(C)C)cc1OC. The molecule has 1 aliphatic rings. The first-order chi connectivity index (χ1) is 18.2. The monoisotopic (exact) mass is 517 g/mol. The molecular formula is C31H35NO6. The van der Waals surface area contributed by atoms with E-state index in [1.165, 1.54) is 0 Å². The zero-order chi connectivity index (χ0) is 27.3. The Morgan fingerprint density at radius 1 is 0.868 bits per heavy atom. The summed E-state index contributed by atoms with van der Waals surface area (Å²) in [6.07, 6.45) is 0.178. The summed E-state index contributed by atoms with van der Waals surface area (Å²) in [6.45, 7) is 5.55. The van der Waals surface area contributed by atoms with E-state index in [4.69, 9.17) is 18.9 Å². The van der Waals surface area contributed by atoms with Crippen LogP contribution in [0.15, 0.2) is 66.7 Å². The van der Waals surface area contributed by atoms with E-state index >= 15 is 0 Å². The van der Waals surface area contributed by atoms with Gasteiger partial charge >= 0.3 is 12.1 Å². The number of nitrogens with one attached hydrogen (secondary N) is 1. The summed E-state index contributed by atoms with van der Waals surface area (Å²) in [7, 11) is 3.15. The molecule has 0 saturated carbocycles. The second-order valence-electron chi connectivity index (χ2n) is 10.3. The zero-order valence-electron chi connectivity index (χ0n) is 22.6. The molecule has 1 N–H and O–H groups in total. The molecule has 0 bridgehead atoms. The van der Waals surface area contributed by atoms with Gasteiger partial charge in [0.1, 0.15) is 18.2 Å². The van der Waals surface area contributed by atoms with Crippen molar-refractivity contribution in [2.75, 3.05) is 20.8 Å². The van der Waals surface area contributed by atoms with Gasteiger partial charge in [0, 0.05) is 5.92 Å². The van der Waals surface area contributed by atoms with Gasteiger partial charge in [-0.15, -0.1) is 0 Å². The number of hydrogen-bond acceptors (Lipinski definition) is 6. The molecule has 0 aromatic heterocycles. The van der Waals surface area contributed by atoms with Crippen LogP contribution in [-0.2, 0) is 20.7 Å². The van der Waals surface area contributed by atoms with Crippen molar-refractivity contribution in [1.29, 1.82) is 0 Å². The molecule has 0 aliphatic heterocycles. The fraction of sp³-hybridized carbons (Fsp3) is 0.355. The smallest absolute Gasteiger partial charge is 0.407 e. The molecule has 1 amide bonds. The molecule has 0 saturated heterocycles. The predicted molar refractivity (Wildman–Crippen MR) is 146 cm³/mol. The van der Waals surface area contributed by atoms with Gasteiger partial charge in [0.15, 0.2) is 11.5 Å². The molecule has 7 nitrogen and oxygen atoms in total. The van der Waals surface area contributed by atoms with Crippen molar-refractivity contribution in [3.8, 4) is 22.6 Å². The standard InChI is InChI=1S/C31H35NO6/c1-31(2,3)38-29(33)26(16-14-20-15-17-27(35-4)28(18-20)36-5)32-30(34)37-19-25-23-12-8-6-10-21(23)22-11-7-9-13-24(22)25/h6-13,15,17-18,25-26H,14,16,19H2,1-5H3,(H,32,34). The van der Waals surface area contributed by atoms with Crippen LogP contribution in [0.3, 0.4) is 0 Å². The highest BCUT2D eigenvalue weighted by atomic mass is 16.6. The Balaban J connectivity index is 1.44. The number of alkyl carbamates (subject to hydrolysis) is 1. The molecule has 38 heavy (non-hydrogen) atoms. The Hall–Kier alpha value is -4.00. The van der Waals surface area contributed by atoms with E-state index in [2.05, 4.69) is 29.6 Å². The molecule has 0 fully saturated rings. The highest BCUT2D eigenvalue weighted by Gasteiger charge is 2.31. The number of esters is 1. The lowest BCUT2D eigenvalue weighted by Crippen LogP contribution is -2.45. The van der Waals surface area contributed by atoms with Crippen molar-refractivity contribution in [3.05, 3.63) is 83.4 Å². The minimum atomic E-state index is -0.877. The van der Waals surface area contributed by atoms with Gasteiger partial charge < -0.3 is 24.3 Å². The number of ether oxygens (including phenoxy) is 4. The van der Waals surface area contributed by atoms with Gasteiger partial charge in [-0.2, -0.15) is 0 Å². The second-order valence-corrected chi connectivity index (χ2v) is 10.3. The number of rotatable bonds is 9. The Bertz CT molecular complexity index is 1250. The number of hydrogen-bond donors (Lipinski definition) is 1. The first kappa shape index (κ1) is 27.0. The van der Waals surface area contributed by atoms with Crippen LogP contribution in [0.2, 0.25) is 0 Å². The lowest BCUT2D eigenvalue weighted by Gasteiger charge is -2.25. The van der Waals surface area contributed by atoms with Crippen LogP contribution in [0, 0.1) is 0 Å². The van der Waals surface area contributed by atoms with Crippen LogP contribution in [0.1, 0.15) is 49.8 Å². The number of carbonyl (C=O) groups excluding carboxylic acids is 2. The number of aryl methyl sites for hydroxylation is 1. The third-order valence-corrected chi connectivity index (χ3v) is 6.50. The topological polar surface area (TPSA) is 83.1 Å². The van der Waals surface area contributed by atoms with E-state index in [1.54, 1.807) is 35.0 Å². The number of benzene rings is 3. The van der Waals surface area contributed by atoms with E-state index in [1.807, 2.05) is 42.5 Å². The lowest BCUT2D eigenvalue weighted by atomic mass is 9.98. The van der Waals surface area contributed by atoms with Crippen LogP contribution in [0.4, 0.5) is 4.79 Å². The summed E-state index contributed by atoms with van der Waals surface area (Å²) in [4.78, 5) is 25.9. The molecule has 3 aromatic rings. The summed E-state index contributed by atoms with van der Waals surface area (Å²) < 4.78 is 22.0. The summed E-state index contributed by atoms with van der Waals surface area (Å²) in [5, 5.41) is 2.74. The highest BCUT2D eigenvalue weighted by molar-refractivity contribution is 5.82. The predicted octanol–water partition coefficient (Wildman–Crippen LogP) is 5.89. The highest BCUT2D eigenvalue weighted by Crippen LogP contribution is 2.44. The molecule has 1 unspecified atom stereocenters. The van der Waals surface area contributed by atoms with Gasteiger partial charge in [-0.3, -0.25) is 0 Å². The molecule has 1 atom stereocenters. The number of fused-ring (bicyclic) bond motifs is 3. The Kier molecular flexibility index (Phi) is 8.25. The van der Waals surface area contributed by atoms with Gasteiger partial charge in [-0.05, 0) is 73.6 Å². The largest absolute Gasteiger partial charge is 0.493 e. The van der Waals surface area contributed by atoms with Crippen molar-refractivity contribution in [2.24, 2.45) is 0 Å². The van der Waals surface area contributed by atoms with E-state index in [-0.39, 0.29) is 12.5 Å². The van der Waals surface area contributed by atoms with E-state index in [0.717, 1.165) is 27.8 Å². The van der Waals surface area contributed by atoms with Crippen LogP contribution in [0.25, 0.3) is 11.1 Å². The lowest BCUT2D eigenvalue weighted by molar-refractivity contribution is -0.157. The van der Waals surface area contributed by atoms with E-state index in [9.17, 15) is 9.59 Å². The van der Waals surface area contributed by atoms with Crippen molar-refractivity contribution in [3.63, 3.8) is 0 Å². The number of amides is 1. The molecule has 0 radical (unpaired) electrons. The minimum absolute atomic E-state index is 0.0695. The Labute approximate surface area is 224 Å².